The van der Waals surface area contributed by atoms with E-state index in [0.29, 0.717) is 43.6 Å². The van der Waals surface area contributed by atoms with Crippen LogP contribution < -0.4 is 4.90 Å². The van der Waals surface area contributed by atoms with Gasteiger partial charge in [0.15, 0.2) is 0 Å². The van der Waals surface area contributed by atoms with E-state index in [1.165, 1.54) is 0 Å². The first-order chi connectivity index (χ1) is 11.2. The summed E-state index contributed by atoms with van der Waals surface area (Å²) in [6.07, 6.45) is 5.07. The number of aliphatic hydroxyl groups is 1. The predicted octanol–water partition coefficient (Wildman–Crippen LogP) is 0.709. The number of ether oxygens (including phenoxy) is 1. The number of amides is 1. The van der Waals surface area contributed by atoms with Crippen LogP contribution in [0.15, 0.2) is 12.4 Å². The summed E-state index contributed by atoms with van der Waals surface area (Å²) in [5.74, 6) is 0.761. The zero-order valence-electron chi connectivity index (χ0n) is 12.9. The SMILES string of the molecule is O=C(CC1CCC(CO)O1)N1CCN(c2ncc(Cl)cn2)CC1. The number of carbonyl (C=O) groups is 1. The van der Waals surface area contributed by atoms with E-state index in [-0.39, 0.29) is 24.7 Å². The van der Waals surface area contributed by atoms with Crippen LogP contribution in [0.4, 0.5) is 5.95 Å². The maximum Gasteiger partial charge on any atom is 0.225 e. The predicted molar refractivity (Wildman–Crippen MR) is 85.4 cm³/mol. The normalized spacial score (nSPS) is 25.0. The molecule has 2 saturated heterocycles. The minimum absolute atomic E-state index is 0.0322. The van der Waals surface area contributed by atoms with E-state index in [4.69, 9.17) is 21.4 Å². The first kappa shape index (κ1) is 16.4. The fourth-order valence-electron chi connectivity index (χ4n) is 3.01. The Bertz CT molecular complexity index is 534. The lowest BCUT2D eigenvalue weighted by molar-refractivity contribution is -0.134. The second kappa shape index (κ2) is 7.42. The molecule has 2 unspecified atom stereocenters. The Balaban J connectivity index is 1.47. The summed E-state index contributed by atoms with van der Waals surface area (Å²) in [5.41, 5.74) is 0. The number of hydrogen-bond acceptors (Lipinski definition) is 6. The quantitative estimate of drug-likeness (QED) is 0.869. The van der Waals surface area contributed by atoms with Gasteiger partial charge in [-0.05, 0) is 12.8 Å². The lowest BCUT2D eigenvalue weighted by atomic mass is 10.1. The maximum atomic E-state index is 12.4. The molecule has 2 atom stereocenters. The van der Waals surface area contributed by atoms with Crippen LogP contribution in [0.5, 0.6) is 0 Å². The molecule has 3 heterocycles. The minimum Gasteiger partial charge on any atom is -0.394 e. The summed E-state index contributed by atoms with van der Waals surface area (Å²) in [6, 6.07) is 0. The third-order valence-electron chi connectivity index (χ3n) is 4.32. The van der Waals surface area contributed by atoms with Crippen molar-refractivity contribution in [3.63, 3.8) is 0 Å². The molecule has 0 saturated carbocycles. The fraction of sp³-hybridized carbons (Fsp3) is 0.667. The maximum absolute atomic E-state index is 12.4. The van der Waals surface area contributed by atoms with E-state index in [2.05, 4.69) is 9.97 Å². The molecule has 1 N–H and O–H groups in total. The monoisotopic (exact) mass is 340 g/mol. The average molecular weight is 341 g/mol. The molecular weight excluding hydrogens is 320 g/mol. The molecule has 23 heavy (non-hydrogen) atoms. The van der Waals surface area contributed by atoms with E-state index in [0.717, 1.165) is 12.8 Å². The van der Waals surface area contributed by atoms with Crippen LogP contribution in [0.2, 0.25) is 5.02 Å². The highest BCUT2D eigenvalue weighted by molar-refractivity contribution is 6.30. The largest absolute Gasteiger partial charge is 0.394 e. The highest BCUT2D eigenvalue weighted by Gasteiger charge is 2.29. The molecule has 3 rings (SSSR count). The molecule has 0 aromatic carbocycles. The van der Waals surface area contributed by atoms with Crippen molar-refractivity contribution in [2.24, 2.45) is 0 Å². The molecule has 1 aromatic rings. The van der Waals surface area contributed by atoms with Crippen LogP contribution in [0.3, 0.4) is 0 Å². The summed E-state index contributed by atoms with van der Waals surface area (Å²) in [5, 5.41) is 9.59. The Morgan fingerprint density at radius 1 is 1.22 bits per heavy atom. The third-order valence-corrected chi connectivity index (χ3v) is 4.52. The van der Waals surface area contributed by atoms with Crippen molar-refractivity contribution < 1.29 is 14.6 Å². The van der Waals surface area contributed by atoms with Gasteiger partial charge in [-0.2, -0.15) is 0 Å². The van der Waals surface area contributed by atoms with Gasteiger partial charge >= 0.3 is 0 Å². The highest BCUT2D eigenvalue weighted by Crippen LogP contribution is 2.23. The Kier molecular flexibility index (Phi) is 5.30. The van der Waals surface area contributed by atoms with Crippen molar-refractivity contribution in [1.29, 1.82) is 0 Å². The van der Waals surface area contributed by atoms with Crippen LogP contribution in [-0.2, 0) is 9.53 Å². The molecule has 2 aliphatic rings. The second-order valence-corrected chi connectivity index (χ2v) is 6.35. The number of nitrogens with zero attached hydrogens (tertiary/aromatic N) is 4. The summed E-state index contributed by atoms with van der Waals surface area (Å²) in [7, 11) is 0. The van der Waals surface area contributed by atoms with E-state index in [9.17, 15) is 4.79 Å². The van der Waals surface area contributed by atoms with E-state index < -0.39 is 0 Å². The molecule has 0 spiro atoms. The number of aromatic nitrogens is 2. The third kappa shape index (κ3) is 4.10. The van der Waals surface area contributed by atoms with Crippen molar-refractivity contribution in [3.8, 4) is 0 Å². The molecule has 7 nitrogen and oxygen atoms in total. The van der Waals surface area contributed by atoms with E-state index in [1.54, 1.807) is 12.4 Å². The molecule has 1 amide bonds. The molecule has 0 radical (unpaired) electrons. The second-order valence-electron chi connectivity index (χ2n) is 5.91. The number of anilines is 1. The van der Waals surface area contributed by atoms with Crippen LogP contribution in [-0.4, -0.2) is 70.9 Å². The Morgan fingerprint density at radius 2 is 1.87 bits per heavy atom. The molecule has 126 valence electrons. The van der Waals surface area contributed by atoms with Gasteiger partial charge in [-0.3, -0.25) is 4.79 Å². The summed E-state index contributed by atoms with van der Waals surface area (Å²) < 4.78 is 5.63. The molecule has 0 aliphatic carbocycles. The average Bonchev–Trinajstić information content (AvgIpc) is 3.03. The molecule has 2 aliphatic heterocycles. The van der Waals surface area contributed by atoms with Crippen molar-refractivity contribution in [3.05, 3.63) is 17.4 Å². The van der Waals surface area contributed by atoms with Gasteiger partial charge in [0.2, 0.25) is 11.9 Å². The Hall–Kier alpha value is -1.44. The highest BCUT2D eigenvalue weighted by atomic mass is 35.5. The molecule has 8 heteroatoms. The van der Waals surface area contributed by atoms with Crippen molar-refractivity contribution in [2.75, 3.05) is 37.7 Å². The van der Waals surface area contributed by atoms with Gasteiger partial charge in [0.25, 0.3) is 0 Å². The molecule has 0 bridgehead atoms. The lowest BCUT2D eigenvalue weighted by Gasteiger charge is -2.35. The fourth-order valence-corrected chi connectivity index (χ4v) is 3.11. The smallest absolute Gasteiger partial charge is 0.225 e. The minimum atomic E-state index is -0.105. The molecule has 2 fully saturated rings. The number of aliphatic hydroxyl groups excluding tert-OH is 1. The van der Waals surface area contributed by atoms with Crippen LogP contribution in [0, 0.1) is 0 Å². The van der Waals surface area contributed by atoms with Gasteiger partial charge in [-0.1, -0.05) is 11.6 Å². The van der Waals surface area contributed by atoms with Crippen LogP contribution in [0.1, 0.15) is 19.3 Å². The topological polar surface area (TPSA) is 78.8 Å². The summed E-state index contributed by atoms with van der Waals surface area (Å²) >= 11 is 5.79. The Labute approximate surface area is 140 Å². The Morgan fingerprint density at radius 3 is 2.48 bits per heavy atom. The number of hydrogen-bond donors (Lipinski definition) is 1. The van der Waals surface area contributed by atoms with E-state index in [1.807, 2.05) is 9.80 Å². The van der Waals surface area contributed by atoms with Gasteiger partial charge in [0, 0.05) is 26.2 Å². The molecule has 1 aromatic heterocycles. The number of halogens is 1. The van der Waals surface area contributed by atoms with Gasteiger partial charge in [-0.15, -0.1) is 0 Å². The standard InChI is InChI=1S/C15H21ClN4O3/c16-11-8-17-15(18-9-11)20-5-3-19(4-6-20)14(22)7-12-1-2-13(10-21)23-12/h8-9,12-13,21H,1-7,10H2. The van der Waals surface area contributed by atoms with Crippen molar-refractivity contribution in [2.45, 2.75) is 31.5 Å². The lowest BCUT2D eigenvalue weighted by Crippen LogP contribution is -2.49. The summed E-state index contributed by atoms with van der Waals surface area (Å²) in [4.78, 5) is 24.7. The summed E-state index contributed by atoms with van der Waals surface area (Å²) in [6.45, 7) is 2.75. The van der Waals surface area contributed by atoms with Gasteiger partial charge in [0.1, 0.15) is 0 Å². The first-order valence-electron chi connectivity index (χ1n) is 7.92. The van der Waals surface area contributed by atoms with Crippen molar-refractivity contribution in [1.82, 2.24) is 14.9 Å². The number of piperazine rings is 1. The van der Waals surface area contributed by atoms with Gasteiger partial charge < -0.3 is 19.6 Å². The number of rotatable bonds is 4. The van der Waals surface area contributed by atoms with Crippen LogP contribution in [0.25, 0.3) is 0 Å². The zero-order chi connectivity index (χ0) is 16.2. The van der Waals surface area contributed by atoms with Crippen LogP contribution >= 0.6 is 11.6 Å². The van der Waals surface area contributed by atoms with E-state index >= 15 is 0 Å². The van der Waals surface area contributed by atoms with Gasteiger partial charge in [0.05, 0.1) is 42.7 Å². The number of carbonyl (C=O) groups excluding carboxylic acids is 1. The first-order valence-corrected chi connectivity index (χ1v) is 8.30. The molecular formula is C15H21ClN4O3. The van der Waals surface area contributed by atoms with Crippen molar-refractivity contribution >= 4 is 23.5 Å². The zero-order valence-corrected chi connectivity index (χ0v) is 13.7. The van der Waals surface area contributed by atoms with Gasteiger partial charge in [-0.25, -0.2) is 9.97 Å².